The minimum atomic E-state index is 0.979. The Balaban J connectivity index is 1.52. The van der Waals surface area contributed by atoms with Crippen LogP contribution in [0.1, 0.15) is 75.6 Å². The van der Waals surface area contributed by atoms with Crippen molar-refractivity contribution in [3.63, 3.8) is 0 Å². The molecule has 0 radical (unpaired) electrons. The highest BCUT2D eigenvalue weighted by Crippen LogP contribution is 2.52. The van der Waals surface area contributed by atoms with Crippen molar-refractivity contribution in [2.24, 2.45) is 0 Å². The van der Waals surface area contributed by atoms with Crippen molar-refractivity contribution >= 4 is 66.6 Å². The first-order chi connectivity index (χ1) is 27.1. The summed E-state index contributed by atoms with van der Waals surface area (Å²) in [6.45, 7) is 9.21. The predicted molar refractivity (Wildman–Crippen MR) is 240 cm³/mol. The molecule has 0 spiro atoms. The van der Waals surface area contributed by atoms with Crippen LogP contribution in [0.4, 0.5) is 0 Å². The first kappa shape index (κ1) is 37.2. The van der Waals surface area contributed by atoms with Crippen LogP contribution in [0, 0.1) is 0 Å². The summed E-state index contributed by atoms with van der Waals surface area (Å²) in [6, 6.07) is 49.2. The normalized spacial score (nSPS) is 11.6. The van der Waals surface area contributed by atoms with E-state index in [0.29, 0.717) is 0 Å². The molecule has 0 amide bonds. The van der Waals surface area contributed by atoms with Gasteiger partial charge in [0.2, 0.25) is 0 Å². The molecule has 1 nitrogen and oxygen atoms in total. The highest BCUT2D eigenvalue weighted by molar-refractivity contribution is 7.99. The topological polar surface area (TPSA) is 9.23 Å². The van der Waals surface area contributed by atoms with Crippen molar-refractivity contribution in [1.29, 1.82) is 0 Å². The third-order valence-corrected chi connectivity index (χ3v) is 12.9. The molecule has 0 atom stereocenters. The molecular formula is C52H50OS2. The van der Waals surface area contributed by atoms with Crippen molar-refractivity contribution in [2.45, 2.75) is 98.6 Å². The molecule has 0 bridgehead atoms. The van der Waals surface area contributed by atoms with Gasteiger partial charge in [-0.1, -0.05) is 174 Å². The Kier molecular flexibility index (Phi) is 11.5. The van der Waals surface area contributed by atoms with E-state index >= 15 is 0 Å². The van der Waals surface area contributed by atoms with Gasteiger partial charge < -0.3 is 4.74 Å². The van der Waals surface area contributed by atoms with E-state index in [1.165, 1.54) is 75.1 Å². The first-order valence-corrected chi connectivity index (χ1v) is 21.9. The second-order valence-electron chi connectivity index (χ2n) is 14.6. The van der Waals surface area contributed by atoms with Crippen LogP contribution in [-0.4, -0.2) is 0 Å². The van der Waals surface area contributed by atoms with Crippen LogP contribution in [0.5, 0.6) is 11.5 Å². The van der Waals surface area contributed by atoms with Crippen LogP contribution < -0.4 is 4.74 Å². The average Bonchev–Trinajstić information content (AvgIpc) is 3.22. The molecular weight excluding hydrogens is 705 g/mol. The number of ether oxygens (including phenoxy) is 1. The van der Waals surface area contributed by atoms with E-state index in [9.17, 15) is 0 Å². The van der Waals surface area contributed by atoms with Crippen molar-refractivity contribution < 1.29 is 4.74 Å². The molecule has 0 aromatic heterocycles. The summed E-state index contributed by atoms with van der Waals surface area (Å²) >= 11 is 3.62. The van der Waals surface area contributed by atoms with Gasteiger partial charge in [0.1, 0.15) is 11.5 Å². The molecule has 8 aromatic rings. The fourth-order valence-corrected chi connectivity index (χ4v) is 10.4. The van der Waals surface area contributed by atoms with Gasteiger partial charge >= 0.3 is 0 Å². The van der Waals surface area contributed by atoms with Gasteiger partial charge in [0.15, 0.2) is 0 Å². The number of hydrogen-bond donors (Lipinski definition) is 0. The Morgan fingerprint density at radius 3 is 1.04 bits per heavy atom. The van der Waals surface area contributed by atoms with Crippen LogP contribution in [0.15, 0.2) is 153 Å². The Morgan fingerprint density at radius 2 is 0.673 bits per heavy atom. The van der Waals surface area contributed by atoms with Crippen molar-refractivity contribution in [2.75, 3.05) is 0 Å². The minimum Gasteiger partial charge on any atom is -0.454 e. The summed E-state index contributed by atoms with van der Waals surface area (Å²) in [7, 11) is 0. The van der Waals surface area contributed by atoms with Crippen LogP contribution in [0.3, 0.4) is 0 Å². The molecule has 8 rings (SSSR count). The Labute approximate surface area is 335 Å². The number of fused-ring (bicyclic) bond motifs is 4. The monoisotopic (exact) mass is 754 g/mol. The summed E-state index contributed by atoms with van der Waals surface area (Å²) in [5.41, 5.74) is 5.63. The zero-order chi connectivity index (χ0) is 37.7. The van der Waals surface area contributed by atoms with Gasteiger partial charge in [-0.3, -0.25) is 0 Å². The van der Waals surface area contributed by atoms with E-state index < -0.39 is 0 Å². The maximum absolute atomic E-state index is 7.91. The smallest absolute Gasteiger partial charge is 0.149 e. The van der Waals surface area contributed by atoms with Gasteiger partial charge in [0.25, 0.3) is 0 Å². The number of hydrogen-bond acceptors (Lipinski definition) is 3. The Hall–Kier alpha value is -4.70. The summed E-state index contributed by atoms with van der Waals surface area (Å²) in [6.07, 6.45) is 8.26. The Bertz CT molecular complexity index is 2430. The second kappa shape index (κ2) is 17.0. The standard InChI is InChI=1S/C52H50OS2/c1-5-19-37-39-27-15-17-29-41(39)43(21-7-3)49-45(37)31-33-47(54-35-23-11-9-12-24-35)51(49)53-52-48(55-36-25-13-10-14-26-36)34-32-46-38(20-6-2)40-28-16-18-30-42(40)44(22-8-4)50(46)52/h9-18,23-34H,5-8,19-22H2,1-4H3. The molecule has 0 heterocycles. The zero-order valence-electron chi connectivity index (χ0n) is 32.6. The highest BCUT2D eigenvalue weighted by atomic mass is 32.2. The molecule has 276 valence electrons. The number of benzene rings is 8. The van der Waals surface area contributed by atoms with Crippen LogP contribution in [0.2, 0.25) is 0 Å². The van der Waals surface area contributed by atoms with Gasteiger partial charge in [-0.15, -0.1) is 0 Å². The van der Waals surface area contributed by atoms with E-state index in [2.05, 4.69) is 161 Å². The molecule has 0 fully saturated rings. The predicted octanol–water partition coefficient (Wildman–Crippen LogP) is 16.2. The van der Waals surface area contributed by atoms with Gasteiger partial charge in [-0.2, -0.15) is 0 Å². The third kappa shape index (κ3) is 7.26. The molecule has 0 N–H and O–H groups in total. The molecule has 0 saturated heterocycles. The van der Waals surface area contributed by atoms with E-state index in [4.69, 9.17) is 4.74 Å². The van der Waals surface area contributed by atoms with E-state index in [0.717, 1.165) is 72.7 Å². The summed E-state index contributed by atoms with van der Waals surface area (Å²) in [5, 5.41) is 10.6. The lowest BCUT2D eigenvalue weighted by Gasteiger charge is -2.24. The largest absolute Gasteiger partial charge is 0.454 e. The molecule has 0 aliphatic carbocycles. The summed E-state index contributed by atoms with van der Waals surface area (Å²) in [5.74, 6) is 1.96. The number of rotatable bonds is 14. The average molecular weight is 755 g/mol. The van der Waals surface area contributed by atoms with Gasteiger partial charge in [0.05, 0.1) is 9.79 Å². The van der Waals surface area contributed by atoms with Crippen molar-refractivity contribution in [3.8, 4) is 11.5 Å². The maximum atomic E-state index is 7.91. The van der Waals surface area contributed by atoms with Crippen LogP contribution in [-0.2, 0) is 25.7 Å². The lowest BCUT2D eigenvalue weighted by molar-refractivity contribution is 0.471. The third-order valence-electron chi connectivity index (χ3n) is 10.8. The summed E-state index contributed by atoms with van der Waals surface area (Å²) < 4.78 is 7.91. The van der Waals surface area contributed by atoms with Crippen molar-refractivity contribution in [3.05, 3.63) is 156 Å². The molecule has 3 heteroatoms. The van der Waals surface area contributed by atoms with E-state index in [1.807, 2.05) is 23.5 Å². The molecule has 0 unspecified atom stereocenters. The number of aryl methyl sites for hydroxylation is 4. The van der Waals surface area contributed by atoms with Crippen LogP contribution in [0.25, 0.3) is 43.1 Å². The molecule has 55 heavy (non-hydrogen) atoms. The minimum absolute atomic E-state index is 0.979. The molecule has 0 saturated carbocycles. The highest BCUT2D eigenvalue weighted by Gasteiger charge is 2.25. The quantitative estimate of drug-likeness (QED) is 0.102. The van der Waals surface area contributed by atoms with Crippen LogP contribution >= 0.6 is 23.5 Å². The lowest BCUT2D eigenvalue weighted by atomic mass is 9.87. The first-order valence-electron chi connectivity index (χ1n) is 20.3. The maximum Gasteiger partial charge on any atom is 0.149 e. The molecule has 0 aliphatic heterocycles. The fraction of sp³-hybridized carbons (Fsp3) is 0.231. The van der Waals surface area contributed by atoms with Gasteiger partial charge in [0, 0.05) is 20.6 Å². The van der Waals surface area contributed by atoms with Gasteiger partial charge in [-0.05, 0) is 117 Å². The molecule has 0 aliphatic rings. The molecule has 8 aromatic carbocycles. The van der Waals surface area contributed by atoms with Gasteiger partial charge in [-0.25, -0.2) is 0 Å². The fourth-order valence-electron chi connectivity index (χ4n) is 8.56. The summed E-state index contributed by atoms with van der Waals surface area (Å²) in [4.78, 5) is 4.71. The second-order valence-corrected chi connectivity index (χ2v) is 16.8. The Morgan fingerprint density at radius 1 is 0.345 bits per heavy atom. The zero-order valence-corrected chi connectivity index (χ0v) is 34.2. The SMILES string of the molecule is CCCc1c2ccccc2c(CCC)c2c(Oc3c(Sc4ccccc4)ccc4c(CCC)c5ccccc5c(CCC)c34)c(Sc3ccccc3)ccc12. The van der Waals surface area contributed by atoms with E-state index in [-0.39, 0.29) is 0 Å². The van der Waals surface area contributed by atoms with E-state index in [1.54, 1.807) is 0 Å². The lowest BCUT2D eigenvalue weighted by Crippen LogP contribution is -2.02. The van der Waals surface area contributed by atoms with Crippen molar-refractivity contribution in [1.82, 2.24) is 0 Å².